The number of hydrogen-bond acceptors (Lipinski definition) is 3. The van der Waals surface area contributed by atoms with Crippen molar-refractivity contribution in [1.82, 2.24) is 5.32 Å². The van der Waals surface area contributed by atoms with Gasteiger partial charge in [0.2, 0.25) is 5.91 Å². The summed E-state index contributed by atoms with van der Waals surface area (Å²) in [7, 11) is 0. The molecule has 0 heterocycles. The number of nitrogens with one attached hydrogen (secondary N) is 2. The van der Waals surface area contributed by atoms with E-state index >= 15 is 0 Å². The van der Waals surface area contributed by atoms with Gasteiger partial charge in [0.15, 0.2) is 0 Å². The fraction of sp³-hybridized carbons (Fsp3) is 0.579. The van der Waals surface area contributed by atoms with E-state index in [1.54, 1.807) is 0 Å². The molecule has 1 saturated carbocycles. The number of ether oxygens (including phenoxy) is 1. The zero-order valence-electron chi connectivity index (χ0n) is 15.1. The zero-order chi connectivity index (χ0) is 17.8. The minimum atomic E-state index is -0.900. The molecule has 0 atom stereocenters. The summed E-state index contributed by atoms with van der Waals surface area (Å²) >= 11 is 0. The molecule has 1 aliphatic rings. The van der Waals surface area contributed by atoms with Crippen molar-refractivity contribution in [3.8, 4) is 0 Å². The number of hydrogen-bond donors (Lipinski definition) is 2. The molecule has 1 aromatic rings. The molecular formula is C19H28N2O3. The summed E-state index contributed by atoms with van der Waals surface area (Å²) in [6.07, 6.45) is 3.63. The van der Waals surface area contributed by atoms with Gasteiger partial charge in [-0.15, -0.1) is 0 Å². The Hall–Kier alpha value is -2.04. The van der Waals surface area contributed by atoms with Gasteiger partial charge in [0.25, 0.3) is 0 Å². The highest BCUT2D eigenvalue weighted by Gasteiger charge is 2.42. The van der Waals surface area contributed by atoms with Gasteiger partial charge in [-0.1, -0.05) is 37.5 Å². The van der Waals surface area contributed by atoms with E-state index in [4.69, 9.17) is 4.74 Å². The van der Waals surface area contributed by atoms with Gasteiger partial charge in [-0.3, -0.25) is 4.79 Å². The smallest absolute Gasteiger partial charge is 0.408 e. The number of para-hydroxylation sites is 1. The van der Waals surface area contributed by atoms with Crippen LogP contribution in [0.1, 0.15) is 58.4 Å². The average Bonchev–Trinajstić information content (AvgIpc) is 2.48. The third-order valence-electron chi connectivity index (χ3n) is 4.28. The van der Waals surface area contributed by atoms with Crippen LogP contribution in [0.4, 0.5) is 10.5 Å². The summed E-state index contributed by atoms with van der Waals surface area (Å²) in [6, 6.07) is 7.64. The molecule has 1 aromatic carbocycles. The molecule has 0 radical (unpaired) electrons. The Morgan fingerprint density at radius 1 is 1.08 bits per heavy atom. The second-order valence-electron chi connectivity index (χ2n) is 7.54. The third-order valence-corrected chi connectivity index (χ3v) is 4.28. The number of aryl methyl sites for hydroxylation is 1. The van der Waals surface area contributed by atoms with Crippen LogP contribution in [0.5, 0.6) is 0 Å². The first-order chi connectivity index (χ1) is 11.2. The summed E-state index contributed by atoms with van der Waals surface area (Å²) < 4.78 is 5.36. The number of carbonyl (C=O) groups is 2. The van der Waals surface area contributed by atoms with Crippen molar-refractivity contribution in [2.75, 3.05) is 5.32 Å². The van der Waals surface area contributed by atoms with E-state index in [0.717, 1.165) is 30.5 Å². The topological polar surface area (TPSA) is 67.4 Å². The van der Waals surface area contributed by atoms with E-state index in [1.165, 1.54) is 0 Å². The van der Waals surface area contributed by atoms with E-state index in [0.29, 0.717) is 12.8 Å². The fourth-order valence-electron chi connectivity index (χ4n) is 3.02. The second kappa shape index (κ2) is 7.24. The van der Waals surface area contributed by atoms with Gasteiger partial charge >= 0.3 is 6.09 Å². The van der Waals surface area contributed by atoms with Gasteiger partial charge in [-0.25, -0.2) is 4.79 Å². The van der Waals surface area contributed by atoms with Crippen molar-refractivity contribution < 1.29 is 14.3 Å². The molecule has 1 aliphatic carbocycles. The number of rotatable bonds is 3. The molecule has 0 aliphatic heterocycles. The summed E-state index contributed by atoms with van der Waals surface area (Å²) in [4.78, 5) is 25.2. The van der Waals surface area contributed by atoms with E-state index in [-0.39, 0.29) is 5.91 Å². The number of anilines is 1. The maximum Gasteiger partial charge on any atom is 0.408 e. The maximum absolute atomic E-state index is 13.0. The van der Waals surface area contributed by atoms with Crippen molar-refractivity contribution in [3.05, 3.63) is 29.8 Å². The Bertz CT molecular complexity index is 599. The molecule has 5 heteroatoms. The lowest BCUT2D eigenvalue weighted by Gasteiger charge is -2.37. The van der Waals surface area contributed by atoms with Gasteiger partial charge in [0, 0.05) is 5.69 Å². The first kappa shape index (κ1) is 18.3. The Morgan fingerprint density at radius 2 is 1.71 bits per heavy atom. The van der Waals surface area contributed by atoms with Gasteiger partial charge in [0.05, 0.1) is 0 Å². The summed E-state index contributed by atoms with van der Waals surface area (Å²) in [6.45, 7) is 7.39. The first-order valence-corrected chi connectivity index (χ1v) is 8.60. The van der Waals surface area contributed by atoms with Crippen molar-refractivity contribution in [3.63, 3.8) is 0 Å². The largest absolute Gasteiger partial charge is 0.444 e. The normalized spacial score (nSPS) is 17.0. The number of amides is 2. The number of carbonyl (C=O) groups excluding carboxylic acids is 2. The lowest BCUT2D eigenvalue weighted by Crippen LogP contribution is -2.58. The lowest BCUT2D eigenvalue weighted by molar-refractivity contribution is -0.123. The summed E-state index contributed by atoms with van der Waals surface area (Å²) in [5.41, 5.74) is 0.280. The highest BCUT2D eigenvalue weighted by atomic mass is 16.6. The maximum atomic E-state index is 13.0. The molecule has 0 aromatic heterocycles. The molecule has 5 nitrogen and oxygen atoms in total. The lowest BCUT2D eigenvalue weighted by atomic mass is 9.81. The van der Waals surface area contributed by atoms with Gasteiger partial charge in [-0.2, -0.15) is 0 Å². The quantitative estimate of drug-likeness (QED) is 0.873. The van der Waals surface area contributed by atoms with E-state index in [2.05, 4.69) is 10.6 Å². The van der Waals surface area contributed by atoms with Crippen molar-refractivity contribution in [2.24, 2.45) is 0 Å². The van der Waals surface area contributed by atoms with Crippen LogP contribution in [-0.4, -0.2) is 23.1 Å². The van der Waals surface area contributed by atoms with Crippen molar-refractivity contribution in [1.29, 1.82) is 0 Å². The third kappa shape index (κ3) is 4.73. The van der Waals surface area contributed by atoms with Crippen LogP contribution in [0.3, 0.4) is 0 Å². The van der Waals surface area contributed by atoms with Gasteiger partial charge in [-0.05, 0) is 52.2 Å². The number of alkyl carbamates (subject to hydrolysis) is 1. The van der Waals surface area contributed by atoms with Crippen molar-refractivity contribution in [2.45, 2.75) is 70.9 Å². The van der Waals surface area contributed by atoms with Crippen LogP contribution in [-0.2, 0) is 9.53 Å². The summed E-state index contributed by atoms with van der Waals surface area (Å²) in [5.74, 6) is -0.164. The highest BCUT2D eigenvalue weighted by molar-refractivity contribution is 6.00. The average molecular weight is 332 g/mol. The standard InChI is InChI=1S/C19H28N2O3/c1-14-10-6-7-11-15(14)20-16(22)19(12-8-5-9-13-19)21-17(23)24-18(2,3)4/h6-7,10-11H,5,8-9,12-13H2,1-4H3,(H,20,22)(H,21,23). The molecule has 0 bridgehead atoms. The molecule has 2 N–H and O–H groups in total. The monoisotopic (exact) mass is 332 g/mol. The highest BCUT2D eigenvalue weighted by Crippen LogP contribution is 2.30. The molecule has 132 valence electrons. The predicted molar refractivity (Wildman–Crippen MR) is 95.0 cm³/mol. The SMILES string of the molecule is Cc1ccccc1NC(=O)C1(NC(=O)OC(C)(C)C)CCCCC1. The Morgan fingerprint density at radius 3 is 2.29 bits per heavy atom. The molecular weight excluding hydrogens is 304 g/mol. The van der Waals surface area contributed by atoms with E-state index in [1.807, 2.05) is 52.0 Å². The molecule has 0 spiro atoms. The van der Waals surface area contributed by atoms with Gasteiger partial charge < -0.3 is 15.4 Å². The minimum absolute atomic E-state index is 0.164. The Labute approximate surface area is 144 Å². The van der Waals surface area contributed by atoms with Crippen LogP contribution >= 0.6 is 0 Å². The second-order valence-corrected chi connectivity index (χ2v) is 7.54. The Kier molecular flexibility index (Phi) is 5.52. The Balaban J connectivity index is 2.16. The molecule has 2 rings (SSSR count). The van der Waals surface area contributed by atoms with E-state index in [9.17, 15) is 9.59 Å². The molecule has 2 amide bonds. The molecule has 24 heavy (non-hydrogen) atoms. The summed E-state index contributed by atoms with van der Waals surface area (Å²) in [5, 5.41) is 5.83. The number of benzene rings is 1. The zero-order valence-corrected chi connectivity index (χ0v) is 15.1. The predicted octanol–water partition coefficient (Wildman–Crippen LogP) is 4.16. The van der Waals surface area contributed by atoms with Crippen LogP contribution in [0.25, 0.3) is 0 Å². The minimum Gasteiger partial charge on any atom is -0.444 e. The van der Waals surface area contributed by atoms with Crippen LogP contribution in [0.15, 0.2) is 24.3 Å². The van der Waals surface area contributed by atoms with E-state index < -0.39 is 17.2 Å². The van der Waals surface area contributed by atoms with Crippen LogP contribution in [0, 0.1) is 6.92 Å². The van der Waals surface area contributed by atoms with Crippen LogP contribution in [0.2, 0.25) is 0 Å². The fourth-order valence-corrected chi connectivity index (χ4v) is 3.02. The molecule has 0 saturated heterocycles. The van der Waals surface area contributed by atoms with Crippen molar-refractivity contribution >= 4 is 17.7 Å². The first-order valence-electron chi connectivity index (χ1n) is 8.60. The molecule has 0 unspecified atom stereocenters. The molecule has 1 fully saturated rings. The van der Waals surface area contributed by atoms with Crippen LogP contribution < -0.4 is 10.6 Å². The van der Waals surface area contributed by atoms with Gasteiger partial charge in [0.1, 0.15) is 11.1 Å².